The largest absolute Gasteiger partial charge is 0.403 e. The van der Waals surface area contributed by atoms with Gasteiger partial charge in [0.15, 0.2) is 0 Å². The molecule has 0 amide bonds. The maximum absolute atomic E-state index is 5.70. The molecule has 6 heteroatoms. The molecule has 5 nitrogen and oxygen atoms in total. The Morgan fingerprint density at radius 1 is 1.50 bits per heavy atom. The molecule has 1 aromatic rings. The van der Waals surface area contributed by atoms with E-state index in [1.165, 1.54) is 0 Å². The third kappa shape index (κ3) is 5.29. The Bertz CT molecular complexity index is 646. The van der Waals surface area contributed by atoms with E-state index >= 15 is 0 Å². The summed E-state index contributed by atoms with van der Waals surface area (Å²) in [6.07, 6.45) is 1.62. The minimum Gasteiger partial charge on any atom is -0.403 e. The molecule has 0 radical (unpaired) electrons. The number of hydrogen-bond donors (Lipinski definition) is 3. The number of allylic oxidation sites excluding steroid dienone is 1. The van der Waals surface area contributed by atoms with E-state index in [1.807, 2.05) is 20.8 Å². The Balaban J connectivity index is 0.00000139. The molecule has 0 bridgehead atoms. The summed E-state index contributed by atoms with van der Waals surface area (Å²) in [5.74, 6) is 7.69. The molecule has 5 N–H and O–H groups in total. The Hall–Kier alpha value is -1.97. The normalized spacial score (nSPS) is 15.2. The van der Waals surface area contributed by atoms with Crippen molar-refractivity contribution in [2.75, 3.05) is 29.9 Å². The Labute approximate surface area is 149 Å². The van der Waals surface area contributed by atoms with Gasteiger partial charge < -0.3 is 21.7 Å². The van der Waals surface area contributed by atoms with Crippen molar-refractivity contribution < 1.29 is 0 Å². The first-order valence-corrected chi connectivity index (χ1v) is 9.18. The van der Waals surface area contributed by atoms with Gasteiger partial charge in [0.2, 0.25) is 0 Å². The topological polar surface area (TPSA) is 79.7 Å². The molecule has 0 fully saturated rings. The number of thiophene rings is 1. The monoisotopic (exact) mass is 347 g/mol. The van der Waals surface area contributed by atoms with Crippen LogP contribution in [-0.2, 0) is 0 Å². The molecule has 0 aromatic carbocycles. The molecule has 0 unspecified atom stereocenters. The summed E-state index contributed by atoms with van der Waals surface area (Å²) in [4.78, 5) is 7.69. The second-order valence-corrected chi connectivity index (χ2v) is 6.42. The van der Waals surface area contributed by atoms with Crippen molar-refractivity contribution in [3.05, 3.63) is 22.8 Å². The van der Waals surface area contributed by atoms with Gasteiger partial charge in [-0.1, -0.05) is 39.5 Å². The van der Waals surface area contributed by atoms with E-state index in [0.29, 0.717) is 25.6 Å². The van der Waals surface area contributed by atoms with Crippen molar-refractivity contribution in [3.8, 4) is 11.8 Å². The number of rotatable bonds is 3. The number of amidine groups is 1. The Kier molecular flexibility index (Phi) is 8.37. The van der Waals surface area contributed by atoms with E-state index in [1.54, 1.807) is 17.5 Å². The fraction of sp³-hybridized carbons (Fsp3) is 0.500. The predicted octanol–water partition coefficient (Wildman–Crippen LogP) is 3.19. The van der Waals surface area contributed by atoms with Gasteiger partial charge in [0.05, 0.1) is 23.7 Å². The van der Waals surface area contributed by atoms with Crippen molar-refractivity contribution >= 4 is 27.9 Å². The van der Waals surface area contributed by atoms with Gasteiger partial charge in [-0.25, -0.2) is 0 Å². The second-order valence-electron chi connectivity index (χ2n) is 5.39. The van der Waals surface area contributed by atoms with E-state index in [4.69, 9.17) is 11.5 Å². The summed E-state index contributed by atoms with van der Waals surface area (Å²) < 4.78 is 0. The minimum absolute atomic E-state index is 0.357. The molecule has 1 aliphatic heterocycles. The Morgan fingerprint density at radius 3 is 2.79 bits per heavy atom. The van der Waals surface area contributed by atoms with Crippen molar-refractivity contribution in [1.29, 1.82) is 0 Å². The van der Waals surface area contributed by atoms with Crippen molar-refractivity contribution in [3.63, 3.8) is 0 Å². The zero-order valence-electron chi connectivity index (χ0n) is 15.3. The number of aliphatic imine (C=N–C) groups is 1. The van der Waals surface area contributed by atoms with E-state index < -0.39 is 0 Å². The number of hydrogen-bond acceptors (Lipinski definition) is 5. The number of fused-ring (bicyclic) bond motifs is 1. The number of nitrogens with one attached hydrogen (secondary N) is 1. The van der Waals surface area contributed by atoms with Crippen LogP contribution in [0.1, 0.15) is 39.5 Å². The van der Waals surface area contributed by atoms with E-state index in [9.17, 15) is 0 Å². The lowest BCUT2D eigenvalue weighted by Crippen LogP contribution is -2.37. The lowest BCUT2D eigenvalue weighted by molar-refractivity contribution is 0.867. The van der Waals surface area contributed by atoms with Crippen LogP contribution < -0.4 is 21.7 Å². The first-order valence-electron chi connectivity index (χ1n) is 8.37. The molecule has 0 aliphatic carbocycles. The minimum atomic E-state index is 0.357. The van der Waals surface area contributed by atoms with Crippen LogP contribution in [-0.4, -0.2) is 25.5 Å². The molecular formula is C18H29N5S. The van der Waals surface area contributed by atoms with Crippen LogP contribution in [0.25, 0.3) is 0 Å². The van der Waals surface area contributed by atoms with E-state index in [2.05, 4.69) is 47.0 Å². The summed E-state index contributed by atoms with van der Waals surface area (Å²) in [5.41, 5.74) is 13.3. The number of anilines is 2. The lowest BCUT2D eigenvalue weighted by atomic mass is 10.2. The Morgan fingerprint density at radius 2 is 2.21 bits per heavy atom. The third-order valence-electron chi connectivity index (χ3n) is 3.13. The second kappa shape index (κ2) is 10.0. The highest BCUT2D eigenvalue weighted by molar-refractivity contribution is 7.17. The molecule has 1 aliphatic rings. The maximum atomic E-state index is 5.70. The predicted molar refractivity (Wildman–Crippen MR) is 108 cm³/mol. The van der Waals surface area contributed by atoms with Crippen LogP contribution in [0.5, 0.6) is 0 Å². The molecule has 0 atom stereocenters. The molecule has 2 rings (SSSR count). The van der Waals surface area contributed by atoms with Crippen molar-refractivity contribution in [1.82, 2.24) is 0 Å². The molecule has 132 valence electrons. The van der Waals surface area contributed by atoms with Gasteiger partial charge >= 0.3 is 0 Å². The first-order chi connectivity index (χ1) is 11.5. The van der Waals surface area contributed by atoms with Gasteiger partial charge in [-0.3, -0.25) is 4.99 Å². The van der Waals surface area contributed by atoms with Crippen molar-refractivity contribution in [2.45, 2.75) is 34.6 Å². The molecule has 0 saturated carbocycles. The summed E-state index contributed by atoms with van der Waals surface area (Å²) in [7, 11) is 0. The van der Waals surface area contributed by atoms with Crippen LogP contribution in [0.2, 0.25) is 0 Å². The van der Waals surface area contributed by atoms with Crippen LogP contribution >= 0.6 is 11.3 Å². The van der Waals surface area contributed by atoms with Crippen LogP contribution in [0.3, 0.4) is 0 Å². The summed E-state index contributed by atoms with van der Waals surface area (Å²) in [6.45, 7) is 12.0. The standard InChI is InChI=1S/C16H23N5S.C2H6/c1-11(2)4-5-13-8-14-16(22-13)21(12(3)9-18)10-15(20-14)19-7-6-17;1-2/h8-9,11H,6-7,10,17-18H2,1-3H3,(H,19,20);1-2H3/b12-9-;. The van der Waals surface area contributed by atoms with Crippen LogP contribution in [0.4, 0.5) is 10.7 Å². The average molecular weight is 348 g/mol. The fourth-order valence-corrected chi connectivity index (χ4v) is 3.06. The van der Waals surface area contributed by atoms with E-state index in [-0.39, 0.29) is 0 Å². The molecular weight excluding hydrogens is 318 g/mol. The highest BCUT2D eigenvalue weighted by Gasteiger charge is 2.24. The van der Waals surface area contributed by atoms with Crippen LogP contribution in [0, 0.1) is 17.8 Å². The molecule has 0 saturated heterocycles. The van der Waals surface area contributed by atoms with Gasteiger partial charge in [0.25, 0.3) is 0 Å². The highest BCUT2D eigenvalue weighted by atomic mass is 32.1. The SMILES string of the molecule is C/C(=C/N)N1CC(=NCCN)Nc2cc(C#CC(C)C)sc21.CC. The van der Waals surface area contributed by atoms with Gasteiger partial charge in [-0.15, -0.1) is 11.3 Å². The van der Waals surface area contributed by atoms with Gasteiger partial charge in [0.1, 0.15) is 10.8 Å². The van der Waals surface area contributed by atoms with Gasteiger partial charge in [-0.2, -0.15) is 0 Å². The smallest absolute Gasteiger partial charge is 0.121 e. The summed E-state index contributed by atoms with van der Waals surface area (Å²) in [6, 6.07) is 2.07. The fourth-order valence-electron chi connectivity index (χ4n) is 2.03. The molecule has 0 spiro atoms. The lowest BCUT2D eigenvalue weighted by Gasteiger charge is -2.30. The summed E-state index contributed by atoms with van der Waals surface area (Å²) >= 11 is 1.67. The molecule has 2 heterocycles. The van der Waals surface area contributed by atoms with Crippen molar-refractivity contribution in [2.24, 2.45) is 22.4 Å². The zero-order chi connectivity index (χ0) is 18.1. The number of nitrogens with zero attached hydrogens (tertiary/aromatic N) is 2. The summed E-state index contributed by atoms with van der Waals surface area (Å²) in [5, 5.41) is 4.50. The van der Waals surface area contributed by atoms with Gasteiger partial charge in [-0.05, 0) is 13.0 Å². The zero-order valence-corrected chi connectivity index (χ0v) is 16.1. The van der Waals surface area contributed by atoms with Gasteiger partial charge in [0, 0.05) is 24.4 Å². The quantitative estimate of drug-likeness (QED) is 0.734. The highest BCUT2D eigenvalue weighted by Crippen LogP contribution is 2.39. The first kappa shape index (κ1) is 20.1. The van der Waals surface area contributed by atoms with E-state index in [0.717, 1.165) is 27.1 Å². The molecule has 1 aromatic heterocycles. The van der Waals surface area contributed by atoms with Crippen LogP contribution in [0.15, 0.2) is 23.0 Å². The third-order valence-corrected chi connectivity index (χ3v) is 4.20. The molecule has 24 heavy (non-hydrogen) atoms. The average Bonchev–Trinajstić information content (AvgIpc) is 3.01. The number of nitrogens with two attached hydrogens (primary N) is 2. The maximum Gasteiger partial charge on any atom is 0.121 e.